The van der Waals surface area contributed by atoms with Crippen molar-refractivity contribution in [3.05, 3.63) is 41.2 Å². The number of aliphatic hydroxyl groups excluding tert-OH is 2. The summed E-state index contributed by atoms with van der Waals surface area (Å²) < 4.78 is 13.6. The molecule has 3 N–H and O–H groups in total. The molecule has 4 fully saturated rings. The van der Waals surface area contributed by atoms with Gasteiger partial charge in [0.2, 0.25) is 0 Å². The van der Waals surface area contributed by atoms with Crippen LogP contribution in [0.4, 0.5) is 4.39 Å². The van der Waals surface area contributed by atoms with Gasteiger partial charge in [-0.25, -0.2) is 9.18 Å². The smallest absolute Gasteiger partial charge is 0.336 e. The van der Waals surface area contributed by atoms with E-state index in [9.17, 15) is 24.5 Å². The molecule has 38 heavy (non-hydrogen) atoms. The average molecular weight is 527 g/mol. The van der Waals surface area contributed by atoms with Gasteiger partial charge in [0.25, 0.3) is 0 Å². The van der Waals surface area contributed by atoms with Crippen molar-refractivity contribution in [3.8, 4) is 0 Å². The zero-order valence-corrected chi connectivity index (χ0v) is 23.6. The molecular formula is C33H47FO4. The molecule has 0 aromatic heterocycles. The Bertz CT molecular complexity index is 1070. The summed E-state index contributed by atoms with van der Waals surface area (Å²) in [6.07, 6.45) is 12.8. The lowest BCUT2D eigenvalue weighted by Crippen LogP contribution is -2.62. The van der Waals surface area contributed by atoms with Crippen LogP contribution in [0.1, 0.15) is 101 Å². The summed E-state index contributed by atoms with van der Waals surface area (Å²) >= 11 is 0. The maximum absolute atomic E-state index is 13.6. The van der Waals surface area contributed by atoms with Gasteiger partial charge in [0.1, 0.15) is 5.82 Å². The highest BCUT2D eigenvalue weighted by molar-refractivity contribution is 5.92. The minimum atomic E-state index is -1.11. The van der Waals surface area contributed by atoms with Gasteiger partial charge in [-0.2, -0.15) is 0 Å². The molecule has 1 aromatic carbocycles. The molecule has 4 nitrogen and oxygen atoms in total. The average Bonchev–Trinajstić information content (AvgIpc) is 3.23. The normalized spacial score (nSPS) is 43.3. The second kappa shape index (κ2) is 10.4. The van der Waals surface area contributed by atoms with Gasteiger partial charge in [-0.05, 0) is 121 Å². The molecule has 4 aliphatic rings. The number of aliphatic hydroxyl groups is 2. The third kappa shape index (κ3) is 4.46. The van der Waals surface area contributed by atoms with E-state index in [0.29, 0.717) is 41.1 Å². The number of hydrogen-bond acceptors (Lipinski definition) is 3. The summed E-state index contributed by atoms with van der Waals surface area (Å²) in [4.78, 5) is 11.6. The SMILES string of the molecule is CC[C@H]1[C@@H](O)C2C3CCC([C@H](C)C/C=C/c4ccc(F)cc4C(=O)O)[C@@]3(C)CCC2[C@@]2(C)CC[C@@H](O)C[C@@H]12. The Labute approximate surface area is 227 Å². The highest BCUT2D eigenvalue weighted by atomic mass is 19.1. The number of carboxylic acids is 1. The van der Waals surface area contributed by atoms with Gasteiger partial charge < -0.3 is 15.3 Å². The van der Waals surface area contributed by atoms with E-state index in [1.54, 1.807) is 6.07 Å². The van der Waals surface area contributed by atoms with Crippen LogP contribution in [0.5, 0.6) is 0 Å². The molecule has 5 rings (SSSR count). The summed E-state index contributed by atoms with van der Waals surface area (Å²) in [7, 11) is 0. The van der Waals surface area contributed by atoms with Crippen molar-refractivity contribution in [2.75, 3.05) is 0 Å². The lowest BCUT2D eigenvalue weighted by molar-refractivity contribution is -0.203. The Morgan fingerprint density at radius 3 is 2.50 bits per heavy atom. The first-order valence-electron chi connectivity index (χ1n) is 15.1. The van der Waals surface area contributed by atoms with E-state index in [2.05, 4.69) is 33.8 Å². The van der Waals surface area contributed by atoms with E-state index in [-0.39, 0.29) is 34.5 Å². The Morgan fingerprint density at radius 1 is 1.08 bits per heavy atom. The van der Waals surface area contributed by atoms with Crippen molar-refractivity contribution in [2.45, 2.75) is 97.7 Å². The summed E-state index contributed by atoms with van der Waals surface area (Å²) in [5, 5.41) is 31.8. The highest BCUT2D eigenvalue weighted by Crippen LogP contribution is 2.69. The van der Waals surface area contributed by atoms with Crippen LogP contribution in [-0.2, 0) is 0 Å². The molecule has 0 radical (unpaired) electrons. The minimum Gasteiger partial charge on any atom is -0.478 e. The van der Waals surface area contributed by atoms with Gasteiger partial charge in [-0.3, -0.25) is 0 Å². The zero-order valence-electron chi connectivity index (χ0n) is 23.6. The third-order valence-corrected chi connectivity index (χ3v) is 12.2. The first-order chi connectivity index (χ1) is 18.0. The summed E-state index contributed by atoms with van der Waals surface area (Å²) in [6, 6.07) is 3.94. The molecule has 4 aliphatic carbocycles. The lowest BCUT2D eigenvalue weighted by Gasteiger charge is -2.64. The second-order valence-corrected chi connectivity index (χ2v) is 13.8. The van der Waals surface area contributed by atoms with Gasteiger partial charge >= 0.3 is 5.97 Å². The molecule has 0 spiro atoms. The van der Waals surface area contributed by atoms with E-state index in [1.165, 1.54) is 31.7 Å². The van der Waals surface area contributed by atoms with Crippen LogP contribution in [0.3, 0.4) is 0 Å². The fraction of sp³-hybridized carbons (Fsp3) is 0.727. The van der Waals surface area contributed by atoms with Crippen molar-refractivity contribution >= 4 is 12.0 Å². The first kappa shape index (κ1) is 27.8. The van der Waals surface area contributed by atoms with E-state index in [4.69, 9.17) is 0 Å². The lowest BCUT2D eigenvalue weighted by atomic mass is 9.41. The Hall–Kier alpha value is -1.72. The number of aromatic carboxylic acids is 1. The van der Waals surface area contributed by atoms with Gasteiger partial charge in [-0.1, -0.05) is 52.3 Å². The van der Waals surface area contributed by atoms with Crippen molar-refractivity contribution in [3.63, 3.8) is 0 Å². The predicted octanol–water partition coefficient (Wildman–Crippen LogP) is 7.19. The Kier molecular flexibility index (Phi) is 7.58. The van der Waals surface area contributed by atoms with Crippen LogP contribution >= 0.6 is 0 Å². The maximum atomic E-state index is 13.6. The van der Waals surface area contributed by atoms with E-state index < -0.39 is 11.8 Å². The number of fused-ring (bicyclic) bond motifs is 5. The molecule has 0 saturated heterocycles. The molecule has 4 unspecified atom stereocenters. The van der Waals surface area contributed by atoms with Crippen LogP contribution in [0.25, 0.3) is 6.08 Å². The molecule has 0 aliphatic heterocycles. The second-order valence-electron chi connectivity index (χ2n) is 13.8. The van der Waals surface area contributed by atoms with Crippen LogP contribution in [-0.4, -0.2) is 33.5 Å². The van der Waals surface area contributed by atoms with Crippen LogP contribution in [0.15, 0.2) is 24.3 Å². The molecule has 0 heterocycles. The predicted molar refractivity (Wildman–Crippen MR) is 148 cm³/mol. The van der Waals surface area contributed by atoms with E-state index in [0.717, 1.165) is 38.2 Å². The molecule has 11 atom stereocenters. The molecule has 5 heteroatoms. The molecular weight excluding hydrogens is 479 g/mol. The maximum Gasteiger partial charge on any atom is 0.336 e. The van der Waals surface area contributed by atoms with Crippen molar-refractivity contribution in [1.29, 1.82) is 0 Å². The van der Waals surface area contributed by atoms with Gasteiger partial charge in [0, 0.05) is 0 Å². The zero-order chi connectivity index (χ0) is 27.4. The number of hydrogen-bond donors (Lipinski definition) is 3. The summed E-state index contributed by atoms with van der Waals surface area (Å²) in [5.74, 6) is 1.48. The van der Waals surface area contributed by atoms with Crippen LogP contribution in [0, 0.1) is 58.1 Å². The number of allylic oxidation sites excluding steroid dienone is 1. The fourth-order valence-electron chi connectivity index (χ4n) is 10.4. The standard InChI is InChI=1S/C33H47FO4/c1-5-23-28-18-22(35)13-15-33(28,4)27-14-16-32(3)25(11-12-26(32)29(27)30(23)36)19(2)7-6-8-20-9-10-21(34)17-24(20)31(37)38/h6,8-10,17,19,22-23,25-30,35-36H,5,7,11-16,18H2,1-4H3,(H,37,38)/b8-6+/t19-,22-,23-,25?,26?,27?,28+,29?,30-,32-,33-/m1/s1. The number of halogens is 1. The van der Waals surface area contributed by atoms with Crippen molar-refractivity contribution in [2.24, 2.45) is 52.3 Å². The van der Waals surface area contributed by atoms with Crippen LogP contribution < -0.4 is 0 Å². The molecule has 0 bridgehead atoms. The Balaban J connectivity index is 1.34. The molecule has 1 aromatic rings. The molecule has 210 valence electrons. The third-order valence-electron chi connectivity index (χ3n) is 12.2. The summed E-state index contributed by atoms with van der Waals surface area (Å²) in [5.41, 5.74) is 0.958. The first-order valence-corrected chi connectivity index (χ1v) is 15.1. The Morgan fingerprint density at radius 2 is 1.79 bits per heavy atom. The van der Waals surface area contributed by atoms with Gasteiger partial charge in [0.05, 0.1) is 17.8 Å². The highest BCUT2D eigenvalue weighted by Gasteiger charge is 2.64. The van der Waals surface area contributed by atoms with Crippen molar-refractivity contribution in [1.82, 2.24) is 0 Å². The largest absolute Gasteiger partial charge is 0.478 e. The quantitative estimate of drug-likeness (QED) is 0.367. The number of rotatable bonds is 6. The van der Waals surface area contributed by atoms with E-state index >= 15 is 0 Å². The number of carboxylic acid groups (broad SMARTS) is 1. The fourth-order valence-corrected chi connectivity index (χ4v) is 10.4. The molecule has 4 saturated carbocycles. The monoisotopic (exact) mass is 526 g/mol. The topological polar surface area (TPSA) is 77.8 Å². The van der Waals surface area contributed by atoms with Crippen LogP contribution in [0.2, 0.25) is 0 Å². The van der Waals surface area contributed by atoms with E-state index in [1.807, 2.05) is 6.08 Å². The number of benzene rings is 1. The van der Waals surface area contributed by atoms with Gasteiger partial charge in [0.15, 0.2) is 0 Å². The molecule has 0 amide bonds. The number of carbonyl (C=O) groups is 1. The summed E-state index contributed by atoms with van der Waals surface area (Å²) in [6.45, 7) is 9.52. The van der Waals surface area contributed by atoms with Crippen molar-refractivity contribution < 1.29 is 24.5 Å². The minimum absolute atomic E-state index is 0.00101. The van der Waals surface area contributed by atoms with Gasteiger partial charge in [-0.15, -0.1) is 0 Å².